The molecule has 0 N–H and O–H groups in total. The summed E-state index contributed by atoms with van der Waals surface area (Å²) in [6.45, 7) is 0. The molecule has 1 aliphatic carbocycles. The third-order valence-corrected chi connectivity index (χ3v) is 3.72. The van der Waals surface area contributed by atoms with Crippen LogP contribution in [0.5, 0.6) is 0 Å². The summed E-state index contributed by atoms with van der Waals surface area (Å²) in [5.74, 6) is 0. The second-order valence-electron chi connectivity index (χ2n) is 4.24. The Bertz CT molecular complexity index is 762. The molecule has 2 aromatic carbocycles. The molecule has 1 aromatic heterocycles. The molecule has 1 nitrogen and oxygen atoms in total. The van der Waals surface area contributed by atoms with E-state index in [1.165, 1.54) is 27.6 Å². The van der Waals surface area contributed by atoms with Crippen LogP contribution in [0, 0.1) is 0 Å². The number of hydrogen-bond donors (Lipinski definition) is 0. The fourth-order valence-corrected chi connectivity index (χ4v) is 3.06. The minimum Gasteiger partial charge on any atom is -0.241 e. The molecular weight excluding hydrogens is 274 g/mol. The quantitative estimate of drug-likeness (QED) is 0.428. The monoisotopic (exact) mass is 281 g/mol. The molecule has 0 saturated carbocycles. The van der Waals surface area contributed by atoms with Crippen molar-refractivity contribution in [3.8, 4) is 22.3 Å². The van der Waals surface area contributed by atoms with Gasteiger partial charge in [-0.3, -0.25) is 0 Å². The molecule has 1 aliphatic rings. The first kappa shape index (κ1) is 9.37. The maximum absolute atomic E-state index is 4.54. The molecule has 2 heteroatoms. The minimum absolute atomic E-state index is 0.897. The van der Waals surface area contributed by atoms with E-state index in [2.05, 4.69) is 69.4 Å². The molecule has 0 spiro atoms. The summed E-state index contributed by atoms with van der Waals surface area (Å²) in [6.07, 6.45) is 0. The molecule has 0 atom stereocenters. The van der Waals surface area contributed by atoms with Crippen LogP contribution in [-0.4, -0.2) is 4.98 Å². The number of rotatable bonds is 0. The van der Waals surface area contributed by atoms with Crippen LogP contribution < -0.4 is 0 Å². The van der Waals surface area contributed by atoms with Gasteiger partial charge in [-0.1, -0.05) is 36.4 Å². The molecule has 3 aromatic rings. The predicted molar refractivity (Wildman–Crippen MR) is 73.9 cm³/mol. The van der Waals surface area contributed by atoms with Crippen LogP contribution in [0.1, 0.15) is 0 Å². The second kappa shape index (κ2) is 3.17. The fraction of sp³-hybridized carbons (Fsp3) is 0. The highest BCUT2D eigenvalue weighted by molar-refractivity contribution is 9.10. The standard InChI is InChI=1S/C15H8BrN/c16-14-8-12-10-5-2-1-4-9(10)11-6-3-7-13(17-14)15(11)12/h1-8H. The van der Waals surface area contributed by atoms with Crippen molar-refractivity contribution >= 4 is 26.8 Å². The van der Waals surface area contributed by atoms with Gasteiger partial charge in [0.1, 0.15) is 4.60 Å². The van der Waals surface area contributed by atoms with E-state index in [4.69, 9.17) is 0 Å². The molecule has 0 aliphatic heterocycles. The zero-order valence-corrected chi connectivity index (χ0v) is 10.5. The molecule has 0 bridgehead atoms. The Kier molecular flexibility index (Phi) is 1.75. The van der Waals surface area contributed by atoms with Crippen molar-refractivity contribution in [3.63, 3.8) is 0 Å². The van der Waals surface area contributed by atoms with Crippen molar-refractivity contribution in [2.75, 3.05) is 0 Å². The maximum Gasteiger partial charge on any atom is 0.107 e. The van der Waals surface area contributed by atoms with Crippen molar-refractivity contribution in [3.05, 3.63) is 53.1 Å². The predicted octanol–water partition coefficient (Wildman–Crippen LogP) is 4.64. The second-order valence-corrected chi connectivity index (χ2v) is 5.05. The Morgan fingerprint density at radius 3 is 2.29 bits per heavy atom. The van der Waals surface area contributed by atoms with Crippen molar-refractivity contribution in [1.29, 1.82) is 0 Å². The lowest BCUT2D eigenvalue weighted by molar-refractivity contribution is 1.36. The number of pyridine rings is 1. The Balaban J connectivity index is 2.30. The zero-order valence-electron chi connectivity index (χ0n) is 8.94. The van der Waals surface area contributed by atoms with Gasteiger partial charge in [0.2, 0.25) is 0 Å². The number of fused-ring (bicyclic) bond motifs is 3. The highest BCUT2D eigenvalue weighted by atomic mass is 79.9. The first-order valence-corrected chi connectivity index (χ1v) is 6.33. The first-order chi connectivity index (χ1) is 8.34. The summed E-state index contributed by atoms with van der Waals surface area (Å²) in [5.41, 5.74) is 6.26. The average Bonchev–Trinajstić information content (AvgIpc) is 2.67. The normalized spacial score (nSPS) is 11.8. The molecule has 0 radical (unpaired) electrons. The number of halogens is 1. The van der Waals surface area contributed by atoms with E-state index in [1.54, 1.807) is 0 Å². The smallest absolute Gasteiger partial charge is 0.107 e. The number of aromatic nitrogens is 1. The number of nitrogens with zero attached hydrogens (tertiary/aromatic N) is 1. The lowest BCUT2D eigenvalue weighted by Crippen LogP contribution is -1.81. The van der Waals surface area contributed by atoms with Gasteiger partial charge in [0, 0.05) is 5.39 Å². The highest BCUT2D eigenvalue weighted by Crippen LogP contribution is 2.46. The Morgan fingerprint density at radius 2 is 1.47 bits per heavy atom. The molecule has 80 valence electrons. The Morgan fingerprint density at radius 1 is 0.765 bits per heavy atom. The lowest BCUT2D eigenvalue weighted by atomic mass is 10.1. The third-order valence-electron chi connectivity index (χ3n) is 3.31. The summed E-state index contributed by atoms with van der Waals surface area (Å²) in [5, 5.41) is 1.27. The molecule has 0 saturated heterocycles. The van der Waals surface area contributed by atoms with E-state index in [0.29, 0.717) is 0 Å². The molecule has 17 heavy (non-hydrogen) atoms. The molecule has 0 unspecified atom stereocenters. The van der Waals surface area contributed by atoms with Gasteiger partial charge in [0.15, 0.2) is 0 Å². The van der Waals surface area contributed by atoms with Crippen molar-refractivity contribution in [1.82, 2.24) is 4.98 Å². The Labute approximate surface area is 107 Å². The molecule has 4 rings (SSSR count). The van der Waals surface area contributed by atoms with E-state index in [0.717, 1.165) is 10.1 Å². The van der Waals surface area contributed by atoms with Crippen LogP contribution in [0.25, 0.3) is 33.2 Å². The largest absolute Gasteiger partial charge is 0.241 e. The lowest BCUT2D eigenvalue weighted by Gasteiger charge is -2.01. The van der Waals surface area contributed by atoms with Gasteiger partial charge in [-0.15, -0.1) is 0 Å². The summed E-state index contributed by atoms with van der Waals surface area (Å²) in [4.78, 5) is 4.54. The average molecular weight is 282 g/mol. The highest BCUT2D eigenvalue weighted by Gasteiger charge is 2.21. The summed E-state index contributed by atoms with van der Waals surface area (Å²) < 4.78 is 0.897. The van der Waals surface area contributed by atoms with Crippen LogP contribution >= 0.6 is 15.9 Å². The van der Waals surface area contributed by atoms with E-state index < -0.39 is 0 Å². The molecule has 0 fully saturated rings. The van der Waals surface area contributed by atoms with Crippen molar-refractivity contribution in [2.45, 2.75) is 0 Å². The van der Waals surface area contributed by atoms with Crippen LogP contribution in [0.4, 0.5) is 0 Å². The maximum atomic E-state index is 4.54. The van der Waals surface area contributed by atoms with Crippen LogP contribution in [0.3, 0.4) is 0 Å². The van der Waals surface area contributed by atoms with Gasteiger partial charge in [-0.25, -0.2) is 4.98 Å². The fourth-order valence-electron chi connectivity index (χ4n) is 2.64. The summed E-state index contributed by atoms with van der Waals surface area (Å²) in [7, 11) is 0. The van der Waals surface area contributed by atoms with Gasteiger partial charge >= 0.3 is 0 Å². The summed E-state index contributed by atoms with van der Waals surface area (Å²) in [6, 6.07) is 17.0. The molecule has 0 amide bonds. The molecular formula is C15H8BrN. The van der Waals surface area contributed by atoms with E-state index in [1.807, 2.05) is 0 Å². The van der Waals surface area contributed by atoms with Gasteiger partial charge in [0.25, 0.3) is 0 Å². The van der Waals surface area contributed by atoms with Gasteiger partial charge in [-0.2, -0.15) is 0 Å². The van der Waals surface area contributed by atoms with Crippen LogP contribution in [-0.2, 0) is 0 Å². The molecule has 1 heterocycles. The van der Waals surface area contributed by atoms with E-state index >= 15 is 0 Å². The summed E-state index contributed by atoms with van der Waals surface area (Å²) >= 11 is 3.49. The number of benzene rings is 2. The van der Waals surface area contributed by atoms with Crippen molar-refractivity contribution in [2.24, 2.45) is 0 Å². The van der Waals surface area contributed by atoms with Gasteiger partial charge < -0.3 is 0 Å². The van der Waals surface area contributed by atoms with Crippen molar-refractivity contribution < 1.29 is 0 Å². The number of hydrogen-bond acceptors (Lipinski definition) is 1. The van der Waals surface area contributed by atoms with E-state index in [9.17, 15) is 0 Å². The topological polar surface area (TPSA) is 12.9 Å². The van der Waals surface area contributed by atoms with Crippen LogP contribution in [0.2, 0.25) is 0 Å². The van der Waals surface area contributed by atoms with Gasteiger partial charge in [0.05, 0.1) is 5.52 Å². The zero-order chi connectivity index (χ0) is 11.4. The van der Waals surface area contributed by atoms with Gasteiger partial charge in [-0.05, 0) is 50.3 Å². The van der Waals surface area contributed by atoms with Crippen LogP contribution in [0.15, 0.2) is 53.1 Å². The first-order valence-electron chi connectivity index (χ1n) is 5.53. The van der Waals surface area contributed by atoms with E-state index in [-0.39, 0.29) is 0 Å². The SMILES string of the molecule is Brc1cc2c3c(cccc3n1)-c1ccccc1-2. The minimum atomic E-state index is 0.897. The Hall–Kier alpha value is -1.67. The third kappa shape index (κ3) is 1.16.